The van der Waals surface area contributed by atoms with Gasteiger partial charge in [0.2, 0.25) is 0 Å². The van der Waals surface area contributed by atoms with E-state index in [1.807, 2.05) is 31.2 Å². The number of nitrogens with one attached hydrogen (secondary N) is 1. The first kappa shape index (κ1) is 11.0. The smallest absolute Gasteiger partial charge is 0.0666 e. The molecule has 0 radical (unpaired) electrons. The van der Waals surface area contributed by atoms with Gasteiger partial charge in [-0.15, -0.1) is 0 Å². The van der Waals surface area contributed by atoms with E-state index < -0.39 is 0 Å². The van der Waals surface area contributed by atoms with Crippen LogP contribution in [0.15, 0.2) is 24.3 Å². The van der Waals surface area contributed by atoms with Gasteiger partial charge in [-0.1, -0.05) is 23.7 Å². The highest BCUT2D eigenvalue weighted by atomic mass is 35.5. The summed E-state index contributed by atoms with van der Waals surface area (Å²) in [4.78, 5) is 0. The van der Waals surface area contributed by atoms with E-state index >= 15 is 0 Å². The van der Waals surface area contributed by atoms with Gasteiger partial charge in [0.25, 0.3) is 0 Å². The van der Waals surface area contributed by atoms with Crippen molar-refractivity contribution < 1.29 is 0 Å². The molecule has 3 heteroatoms. The molecule has 0 aliphatic carbocycles. The van der Waals surface area contributed by atoms with Crippen molar-refractivity contribution in [1.29, 1.82) is 5.26 Å². The van der Waals surface area contributed by atoms with E-state index in [9.17, 15) is 0 Å². The predicted octanol–water partition coefficient (Wildman–Crippen LogP) is 2.59. The van der Waals surface area contributed by atoms with E-state index in [0.717, 1.165) is 18.1 Å². The minimum absolute atomic E-state index is 0.0577. The number of benzene rings is 1. The lowest BCUT2D eigenvalue weighted by molar-refractivity contribution is 0.602. The second-order valence-corrected chi connectivity index (χ2v) is 3.72. The maximum absolute atomic E-state index is 8.56. The quantitative estimate of drug-likeness (QED) is 0.826. The van der Waals surface area contributed by atoms with Crippen LogP contribution in [0.1, 0.15) is 12.5 Å². The Hall–Kier alpha value is -1.04. The van der Waals surface area contributed by atoms with Crippen molar-refractivity contribution in [2.24, 2.45) is 5.92 Å². The maximum atomic E-state index is 8.56. The highest BCUT2D eigenvalue weighted by molar-refractivity contribution is 6.30. The Bertz CT molecular complexity index is 313. The van der Waals surface area contributed by atoms with E-state index in [4.69, 9.17) is 16.9 Å². The summed E-state index contributed by atoms with van der Waals surface area (Å²) in [6.45, 7) is 3.40. The van der Waals surface area contributed by atoms with Crippen LogP contribution >= 0.6 is 11.6 Å². The zero-order chi connectivity index (χ0) is 10.4. The Morgan fingerprint density at radius 2 is 2.07 bits per heavy atom. The standard InChI is InChI=1S/C11H13ClN2/c1-9(6-13)7-14-8-10-2-4-11(12)5-3-10/h2-5,9,14H,7-8H2,1H3. The van der Waals surface area contributed by atoms with Crippen LogP contribution in [0.2, 0.25) is 5.02 Å². The van der Waals surface area contributed by atoms with Gasteiger partial charge in [-0.25, -0.2) is 0 Å². The van der Waals surface area contributed by atoms with Crippen molar-refractivity contribution in [2.75, 3.05) is 6.54 Å². The lowest BCUT2D eigenvalue weighted by Crippen LogP contribution is -2.19. The molecule has 74 valence electrons. The minimum Gasteiger partial charge on any atom is -0.311 e. The molecule has 1 rings (SSSR count). The third kappa shape index (κ3) is 3.78. The SMILES string of the molecule is CC(C#N)CNCc1ccc(Cl)cc1. The van der Waals surface area contributed by atoms with Gasteiger partial charge in [0, 0.05) is 18.1 Å². The van der Waals surface area contributed by atoms with Gasteiger partial charge in [-0.05, 0) is 24.6 Å². The minimum atomic E-state index is 0.0577. The molecule has 0 spiro atoms. The lowest BCUT2D eigenvalue weighted by Gasteiger charge is -2.05. The van der Waals surface area contributed by atoms with E-state index in [0.29, 0.717) is 0 Å². The Morgan fingerprint density at radius 3 is 2.64 bits per heavy atom. The Labute approximate surface area is 89.5 Å². The van der Waals surface area contributed by atoms with Crippen LogP contribution in [0.3, 0.4) is 0 Å². The second-order valence-electron chi connectivity index (χ2n) is 3.29. The van der Waals surface area contributed by atoms with E-state index in [-0.39, 0.29) is 5.92 Å². The zero-order valence-corrected chi connectivity index (χ0v) is 8.88. The molecule has 1 unspecified atom stereocenters. The second kappa shape index (κ2) is 5.64. The molecular weight excluding hydrogens is 196 g/mol. The first-order chi connectivity index (χ1) is 6.72. The summed E-state index contributed by atoms with van der Waals surface area (Å²) < 4.78 is 0. The molecule has 14 heavy (non-hydrogen) atoms. The fourth-order valence-corrected chi connectivity index (χ4v) is 1.21. The molecule has 1 atom stereocenters. The molecule has 1 aromatic carbocycles. The third-order valence-corrected chi connectivity index (χ3v) is 2.17. The van der Waals surface area contributed by atoms with Gasteiger partial charge >= 0.3 is 0 Å². The highest BCUT2D eigenvalue weighted by Gasteiger charge is 1.98. The summed E-state index contributed by atoms with van der Waals surface area (Å²) in [5, 5.41) is 12.5. The van der Waals surface area contributed by atoms with Crippen LogP contribution in [-0.2, 0) is 6.54 Å². The molecule has 1 aromatic rings. The Kier molecular flexibility index (Phi) is 4.45. The number of hydrogen-bond acceptors (Lipinski definition) is 2. The average Bonchev–Trinajstić information content (AvgIpc) is 2.21. The third-order valence-electron chi connectivity index (χ3n) is 1.91. The van der Waals surface area contributed by atoms with Crippen molar-refractivity contribution in [3.8, 4) is 6.07 Å². The Balaban J connectivity index is 2.32. The number of rotatable bonds is 4. The van der Waals surface area contributed by atoms with Crippen LogP contribution in [0.4, 0.5) is 0 Å². The van der Waals surface area contributed by atoms with E-state index in [1.165, 1.54) is 5.56 Å². The zero-order valence-electron chi connectivity index (χ0n) is 8.13. The van der Waals surface area contributed by atoms with Crippen LogP contribution in [0.5, 0.6) is 0 Å². The molecule has 0 saturated heterocycles. The fourth-order valence-electron chi connectivity index (χ4n) is 1.08. The highest BCUT2D eigenvalue weighted by Crippen LogP contribution is 2.09. The summed E-state index contributed by atoms with van der Waals surface area (Å²) in [5.41, 5.74) is 1.18. The van der Waals surface area contributed by atoms with E-state index in [1.54, 1.807) is 0 Å². The number of halogens is 1. The summed E-state index contributed by atoms with van der Waals surface area (Å²) in [6.07, 6.45) is 0. The van der Waals surface area contributed by atoms with Gasteiger partial charge in [0.1, 0.15) is 0 Å². The van der Waals surface area contributed by atoms with Crippen molar-refractivity contribution in [1.82, 2.24) is 5.32 Å². The predicted molar refractivity (Wildman–Crippen MR) is 57.9 cm³/mol. The number of nitrogens with zero attached hydrogens (tertiary/aromatic N) is 1. The molecule has 0 aliphatic rings. The van der Waals surface area contributed by atoms with E-state index in [2.05, 4.69) is 11.4 Å². The number of nitriles is 1. The monoisotopic (exact) mass is 208 g/mol. The summed E-state index contributed by atoms with van der Waals surface area (Å²) in [5.74, 6) is 0.0577. The number of hydrogen-bond donors (Lipinski definition) is 1. The summed E-state index contributed by atoms with van der Waals surface area (Å²) in [7, 11) is 0. The largest absolute Gasteiger partial charge is 0.311 e. The topological polar surface area (TPSA) is 35.8 Å². The first-order valence-electron chi connectivity index (χ1n) is 4.57. The van der Waals surface area contributed by atoms with Crippen molar-refractivity contribution in [3.05, 3.63) is 34.9 Å². The summed E-state index contributed by atoms with van der Waals surface area (Å²) >= 11 is 5.76. The molecule has 0 heterocycles. The van der Waals surface area contributed by atoms with Gasteiger partial charge in [0.05, 0.1) is 12.0 Å². The molecule has 2 nitrogen and oxygen atoms in total. The Morgan fingerprint density at radius 1 is 1.43 bits per heavy atom. The maximum Gasteiger partial charge on any atom is 0.0666 e. The molecule has 0 aromatic heterocycles. The van der Waals surface area contributed by atoms with Crippen LogP contribution in [-0.4, -0.2) is 6.54 Å². The average molecular weight is 209 g/mol. The molecule has 0 fully saturated rings. The van der Waals surface area contributed by atoms with Crippen LogP contribution < -0.4 is 5.32 Å². The molecule has 0 aliphatic heterocycles. The summed E-state index contributed by atoms with van der Waals surface area (Å²) in [6, 6.07) is 9.87. The van der Waals surface area contributed by atoms with Gasteiger partial charge in [-0.2, -0.15) is 5.26 Å². The van der Waals surface area contributed by atoms with Crippen molar-refractivity contribution in [3.63, 3.8) is 0 Å². The molecule has 1 N–H and O–H groups in total. The molecular formula is C11H13ClN2. The van der Waals surface area contributed by atoms with Crippen molar-refractivity contribution in [2.45, 2.75) is 13.5 Å². The molecule has 0 bridgehead atoms. The van der Waals surface area contributed by atoms with Gasteiger partial charge in [-0.3, -0.25) is 0 Å². The normalized spacial score (nSPS) is 12.1. The fraction of sp³-hybridized carbons (Fsp3) is 0.364. The van der Waals surface area contributed by atoms with Gasteiger partial charge in [0.15, 0.2) is 0 Å². The van der Waals surface area contributed by atoms with Crippen LogP contribution in [0.25, 0.3) is 0 Å². The van der Waals surface area contributed by atoms with Gasteiger partial charge < -0.3 is 5.32 Å². The van der Waals surface area contributed by atoms with Crippen LogP contribution in [0, 0.1) is 17.2 Å². The van der Waals surface area contributed by atoms with Crippen molar-refractivity contribution >= 4 is 11.6 Å². The first-order valence-corrected chi connectivity index (χ1v) is 4.95. The lowest BCUT2D eigenvalue weighted by atomic mass is 10.2. The molecule has 0 amide bonds. The molecule has 0 saturated carbocycles.